The smallest absolute Gasteiger partial charge is 0.370 e. The first-order valence-corrected chi connectivity index (χ1v) is 4.63. The van der Waals surface area contributed by atoms with Crippen LogP contribution in [0.15, 0.2) is 12.2 Å². The molecule has 0 fully saturated rings. The van der Waals surface area contributed by atoms with Crippen LogP contribution in [0.25, 0.3) is 0 Å². The summed E-state index contributed by atoms with van der Waals surface area (Å²) in [5.41, 5.74) is -12.0. The molecule has 0 aromatic rings. The van der Waals surface area contributed by atoms with Crippen LogP contribution in [0.5, 0.6) is 0 Å². The molecule has 0 saturated carbocycles. The highest BCUT2D eigenvalue weighted by Crippen LogP contribution is 2.48. The van der Waals surface area contributed by atoms with Gasteiger partial charge in [-0.2, -0.15) is 52.7 Å². The third-order valence-corrected chi connectivity index (χ3v) is 2.29. The van der Waals surface area contributed by atoms with Crippen molar-refractivity contribution >= 4 is 0 Å². The summed E-state index contributed by atoms with van der Waals surface area (Å²) >= 11 is 0. The van der Waals surface area contributed by atoms with Crippen molar-refractivity contribution in [1.29, 1.82) is 0 Å². The molecule has 0 unspecified atom stereocenters. The minimum Gasteiger partial charge on any atom is -0.370 e. The van der Waals surface area contributed by atoms with Gasteiger partial charge in [0.05, 0.1) is 0 Å². The van der Waals surface area contributed by atoms with Gasteiger partial charge >= 0.3 is 24.7 Å². The third-order valence-electron chi connectivity index (χ3n) is 2.29. The van der Waals surface area contributed by atoms with Gasteiger partial charge in [0, 0.05) is 0 Å². The van der Waals surface area contributed by atoms with Crippen LogP contribution in [0.3, 0.4) is 0 Å². The molecule has 22 heavy (non-hydrogen) atoms. The maximum absolute atomic E-state index is 12.1. The van der Waals surface area contributed by atoms with E-state index in [1.165, 1.54) is 0 Å². The topological polar surface area (TPSA) is 40.5 Å². The molecule has 0 aliphatic heterocycles. The van der Waals surface area contributed by atoms with Gasteiger partial charge < -0.3 is 10.2 Å². The maximum atomic E-state index is 12.1. The van der Waals surface area contributed by atoms with Crippen molar-refractivity contribution in [3.63, 3.8) is 0 Å². The van der Waals surface area contributed by atoms with E-state index in [-0.39, 0.29) is 0 Å². The summed E-state index contributed by atoms with van der Waals surface area (Å²) in [5.74, 6) is 0. The van der Waals surface area contributed by atoms with Crippen molar-refractivity contribution in [2.45, 2.75) is 35.9 Å². The first-order chi connectivity index (χ1) is 9.21. The Bertz CT molecular complexity index is 354. The fourth-order valence-corrected chi connectivity index (χ4v) is 0.941. The van der Waals surface area contributed by atoms with Gasteiger partial charge in [0.1, 0.15) is 0 Å². The molecule has 0 radical (unpaired) electrons. The lowest BCUT2D eigenvalue weighted by atomic mass is 9.95. The Morgan fingerprint density at radius 2 is 0.545 bits per heavy atom. The molecule has 14 heteroatoms. The minimum atomic E-state index is -6.69. The van der Waals surface area contributed by atoms with Crippen molar-refractivity contribution in [3.05, 3.63) is 12.2 Å². The van der Waals surface area contributed by atoms with Crippen LogP contribution in [-0.2, 0) is 0 Å². The Hall–Kier alpha value is -1.18. The summed E-state index contributed by atoms with van der Waals surface area (Å²) in [5, 5.41) is 16.8. The Labute approximate surface area is 112 Å². The molecular formula is C8H4F12O2. The van der Waals surface area contributed by atoms with Crippen LogP contribution in [0.4, 0.5) is 52.7 Å². The minimum absolute atomic E-state index is 1.85. The molecule has 0 saturated heterocycles. The summed E-state index contributed by atoms with van der Waals surface area (Å²) in [6.07, 6.45) is -30.5. The predicted molar refractivity (Wildman–Crippen MR) is 43.3 cm³/mol. The number of rotatable bonds is 2. The van der Waals surface area contributed by atoms with Gasteiger partial charge in [-0.05, 0) is 12.2 Å². The van der Waals surface area contributed by atoms with Crippen LogP contribution in [-0.4, -0.2) is 46.1 Å². The molecule has 132 valence electrons. The number of hydrogen-bond donors (Lipinski definition) is 2. The molecule has 0 aromatic carbocycles. The lowest BCUT2D eigenvalue weighted by Gasteiger charge is -2.33. The monoisotopic (exact) mass is 360 g/mol. The van der Waals surface area contributed by atoms with Gasteiger partial charge in [-0.3, -0.25) is 0 Å². The van der Waals surface area contributed by atoms with Gasteiger partial charge in [0.15, 0.2) is 0 Å². The second-order valence-electron chi connectivity index (χ2n) is 3.86. The van der Waals surface area contributed by atoms with Crippen LogP contribution in [0.1, 0.15) is 0 Å². The molecule has 0 heterocycles. The summed E-state index contributed by atoms with van der Waals surface area (Å²) in [6.45, 7) is 0. The Kier molecular flexibility index (Phi) is 4.90. The average Bonchev–Trinajstić information content (AvgIpc) is 2.18. The molecular weight excluding hydrogens is 356 g/mol. The summed E-state index contributed by atoms with van der Waals surface area (Å²) in [4.78, 5) is 0. The van der Waals surface area contributed by atoms with E-state index in [4.69, 9.17) is 10.2 Å². The molecule has 0 amide bonds. The normalized spacial score (nSPS) is 16.5. The molecule has 0 spiro atoms. The number of alkyl halides is 12. The highest BCUT2D eigenvalue weighted by molar-refractivity contribution is 5.19. The average molecular weight is 360 g/mol. The lowest BCUT2D eigenvalue weighted by Crippen LogP contribution is -2.58. The third kappa shape index (κ3) is 3.42. The summed E-state index contributed by atoms with van der Waals surface area (Å²) in [7, 11) is 0. The van der Waals surface area contributed by atoms with Crippen LogP contribution in [0, 0.1) is 0 Å². The molecule has 0 bridgehead atoms. The maximum Gasteiger partial charge on any atom is 0.429 e. The number of hydrogen-bond acceptors (Lipinski definition) is 2. The summed E-state index contributed by atoms with van der Waals surface area (Å²) < 4.78 is 145. The second-order valence-corrected chi connectivity index (χ2v) is 3.86. The lowest BCUT2D eigenvalue weighted by molar-refractivity contribution is -0.355. The van der Waals surface area contributed by atoms with Crippen molar-refractivity contribution in [2.24, 2.45) is 0 Å². The molecule has 0 atom stereocenters. The quantitative estimate of drug-likeness (QED) is 0.586. The highest BCUT2D eigenvalue weighted by atomic mass is 19.4. The zero-order valence-corrected chi connectivity index (χ0v) is 9.58. The predicted octanol–water partition coefficient (Wildman–Crippen LogP) is 3.25. The Balaban J connectivity index is 6.18. The molecule has 0 aromatic heterocycles. The zero-order chi connectivity index (χ0) is 18.4. The Morgan fingerprint density at radius 1 is 0.409 bits per heavy atom. The number of halogens is 12. The standard InChI is InChI=1S/C8H4F12O2/c9-5(10,11)3(21,6(12,13)14)1-2-4(22,7(15,16)17)8(18,19)20/h1-2,21-22H/b2-1+. The Morgan fingerprint density at radius 3 is 0.636 bits per heavy atom. The number of aliphatic hydroxyl groups is 2. The van der Waals surface area contributed by atoms with E-state index >= 15 is 0 Å². The van der Waals surface area contributed by atoms with Crippen molar-refractivity contribution in [3.8, 4) is 0 Å². The van der Waals surface area contributed by atoms with E-state index in [1.807, 2.05) is 0 Å². The van der Waals surface area contributed by atoms with E-state index in [0.29, 0.717) is 0 Å². The van der Waals surface area contributed by atoms with Gasteiger partial charge in [0.25, 0.3) is 11.2 Å². The molecule has 0 aliphatic carbocycles. The van der Waals surface area contributed by atoms with Gasteiger partial charge in [0.2, 0.25) is 0 Å². The van der Waals surface area contributed by atoms with Crippen LogP contribution in [0.2, 0.25) is 0 Å². The fraction of sp³-hybridized carbons (Fsp3) is 0.750. The van der Waals surface area contributed by atoms with E-state index in [9.17, 15) is 52.7 Å². The van der Waals surface area contributed by atoms with Crippen LogP contribution >= 0.6 is 0 Å². The zero-order valence-electron chi connectivity index (χ0n) is 9.58. The molecule has 0 aliphatic rings. The van der Waals surface area contributed by atoms with E-state index in [0.717, 1.165) is 0 Å². The van der Waals surface area contributed by atoms with E-state index < -0.39 is 48.1 Å². The molecule has 2 nitrogen and oxygen atoms in total. The van der Waals surface area contributed by atoms with Crippen LogP contribution < -0.4 is 0 Å². The molecule has 2 N–H and O–H groups in total. The van der Waals surface area contributed by atoms with E-state index in [1.54, 1.807) is 0 Å². The van der Waals surface area contributed by atoms with Crippen molar-refractivity contribution < 1.29 is 62.9 Å². The first kappa shape index (κ1) is 20.8. The van der Waals surface area contributed by atoms with E-state index in [2.05, 4.69) is 0 Å². The first-order valence-electron chi connectivity index (χ1n) is 4.63. The van der Waals surface area contributed by atoms with Gasteiger partial charge in [-0.15, -0.1) is 0 Å². The molecule has 0 rings (SSSR count). The second kappa shape index (κ2) is 5.18. The highest BCUT2D eigenvalue weighted by Gasteiger charge is 2.72. The van der Waals surface area contributed by atoms with Gasteiger partial charge in [-0.1, -0.05) is 0 Å². The SMILES string of the molecule is OC(/C=C/C(O)(C(F)(F)F)C(F)(F)F)(C(F)(F)F)C(F)(F)F. The van der Waals surface area contributed by atoms with Crippen molar-refractivity contribution in [2.75, 3.05) is 0 Å². The fourth-order valence-electron chi connectivity index (χ4n) is 0.941. The summed E-state index contributed by atoms with van der Waals surface area (Å²) in [6, 6.07) is 0. The van der Waals surface area contributed by atoms with Gasteiger partial charge in [-0.25, -0.2) is 0 Å². The largest absolute Gasteiger partial charge is 0.429 e. The van der Waals surface area contributed by atoms with Crippen molar-refractivity contribution in [1.82, 2.24) is 0 Å².